The number of anilines is 1. The van der Waals surface area contributed by atoms with Crippen LogP contribution in [0.1, 0.15) is 42.4 Å². The molecule has 0 aliphatic carbocycles. The van der Waals surface area contributed by atoms with Crippen LogP contribution >= 0.6 is 0 Å². The maximum Gasteiger partial charge on any atom is 0.282 e. The van der Waals surface area contributed by atoms with E-state index in [1.807, 2.05) is 7.05 Å². The van der Waals surface area contributed by atoms with Gasteiger partial charge in [-0.05, 0) is 26.3 Å². The van der Waals surface area contributed by atoms with Crippen molar-refractivity contribution in [2.75, 3.05) is 46.6 Å². The molecule has 1 aromatic rings. The van der Waals surface area contributed by atoms with Gasteiger partial charge in [0.05, 0.1) is 11.7 Å². The maximum absolute atomic E-state index is 12.7. The molecule has 1 fully saturated rings. The summed E-state index contributed by atoms with van der Waals surface area (Å²) in [7, 11) is 3.59. The first-order valence-corrected chi connectivity index (χ1v) is 10.2. The molecule has 1 N–H and O–H groups in total. The van der Waals surface area contributed by atoms with E-state index in [1.165, 1.54) is 4.31 Å². The highest BCUT2D eigenvalue weighted by molar-refractivity contribution is 7.86. The molecule has 0 bridgehead atoms. The average molecular weight is 369 g/mol. The van der Waals surface area contributed by atoms with Gasteiger partial charge in [-0.1, -0.05) is 6.42 Å². The van der Waals surface area contributed by atoms with E-state index in [2.05, 4.69) is 17.3 Å². The summed E-state index contributed by atoms with van der Waals surface area (Å²) < 4.78 is 28.3. The summed E-state index contributed by atoms with van der Waals surface area (Å²) in [5.74, 6) is 1.45. The predicted octanol–water partition coefficient (Wildman–Crippen LogP) is 0.840. The highest BCUT2D eigenvalue weighted by Gasteiger charge is 2.37. The van der Waals surface area contributed by atoms with E-state index >= 15 is 0 Å². The van der Waals surface area contributed by atoms with E-state index in [4.69, 9.17) is 9.97 Å². The van der Waals surface area contributed by atoms with Crippen molar-refractivity contribution < 1.29 is 8.42 Å². The van der Waals surface area contributed by atoms with Crippen molar-refractivity contribution in [3.05, 3.63) is 17.1 Å². The van der Waals surface area contributed by atoms with Crippen LogP contribution in [0.5, 0.6) is 0 Å². The highest BCUT2D eigenvalue weighted by Crippen LogP contribution is 2.34. The van der Waals surface area contributed by atoms with Gasteiger partial charge in [0.15, 0.2) is 0 Å². The summed E-state index contributed by atoms with van der Waals surface area (Å²) in [6.45, 7) is 2.27. The van der Waals surface area contributed by atoms with E-state index < -0.39 is 10.2 Å². The van der Waals surface area contributed by atoms with Crippen molar-refractivity contribution in [1.82, 2.24) is 23.5 Å². The number of nitrogens with zero attached hydrogens (tertiary/aromatic N) is 5. The fraction of sp³-hybridized carbons (Fsp3) is 0.750. The van der Waals surface area contributed by atoms with Crippen molar-refractivity contribution >= 4 is 16.0 Å². The van der Waals surface area contributed by atoms with Crippen LogP contribution < -0.4 is 5.32 Å². The van der Waals surface area contributed by atoms with Crippen molar-refractivity contribution in [2.24, 2.45) is 0 Å². The van der Waals surface area contributed by atoms with Crippen molar-refractivity contribution in [2.45, 2.75) is 38.3 Å². The van der Waals surface area contributed by atoms with Crippen LogP contribution in [0.4, 0.5) is 5.82 Å². The van der Waals surface area contributed by atoms with Crippen LogP contribution in [0.2, 0.25) is 0 Å². The molecule has 0 aromatic carbocycles. The van der Waals surface area contributed by atoms with E-state index in [0.29, 0.717) is 12.4 Å². The minimum Gasteiger partial charge on any atom is -0.373 e. The molecule has 140 valence electrons. The third kappa shape index (κ3) is 3.51. The summed E-state index contributed by atoms with van der Waals surface area (Å²) in [5, 5.41) is 3.18. The largest absolute Gasteiger partial charge is 0.373 e. The Morgan fingerprint density at radius 3 is 2.64 bits per heavy atom. The smallest absolute Gasteiger partial charge is 0.282 e. The average Bonchev–Trinajstić information content (AvgIpc) is 2.60. The minimum atomic E-state index is -3.49. The van der Waals surface area contributed by atoms with Gasteiger partial charge in [0.2, 0.25) is 0 Å². The number of likely N-dealkylation sites (N-methyl/N-ethyl adjacent to an activating group) is 1. The molecule has 1 unspecified atom stereocenters. The number of piperidine rings is 1. The Labute approximate surface area is 150 Å². The topological polar surface area (TPSA) is 81.7 Å². The highest BCUT2D eigenvalue weighted by atomic mass is 32.2. The Morgan fingerprint density at radius 1 is 1.20 bits per heavy atom. The van der Waals surface area contributed by atoms with Gasteiger partial charge in [-0.3, -0.25) is 0 Å². The first-order chi connectivity index (χ1) is 11.8. The molecule has 0 amide bonds. The number of rotatable bonds is 4. The van der Waals surface area contributed by atoms with Crippen LogP contribution in [-0.2, 0) is 23.2 Å². The molecule has 0 radical (unpaired) electrons. The molecule has 3 rings (SSSR count). The first kappa shape index (κ1) is 18.5. The molecule has 0 spiro atoms. The van der Waals surface area contributed by atoms with Crippen LogP contribution in [-0.4, -0.2) is 73.2 Å². The van der Waals surface area contributed by atoms with Gasteiger partial charge in [0.1, 0.15) is 11.6 Å². The predicted molar refractivity (Wildman–Crippen MR) is 97.5 cm³/mol. The van der Waals surface area contributed by atoms with E-state index in [-0.39, 0.29) is 6.04 Å². The number of nitrogens with one attached hydrogen (secondary N) is 1. The maximum atomic E-state index is 12.7. The van der Waals surface area contributed by atoms with Crippen molar-refractivity contribution in [3.63, 3.8) is 0 Å². The number of hydrogen-bond acceptors (Lipinski definition) is 6. The van der Waals surface area contributed by atoms with Crippen LogP contribution in [0, 0.1) is 0 Å². The summed E-state index contributed by atoms with van der Waals surface area (Å²) in [6, 6.07) is -0.300. The summed E-state index contributed by atoms with van der Waals surface area (Å²) >= 11 is 0. The molecular weight excluding hydrogens is 340 g/mol. The molecule has 8 nitrogen and oxygen atoms in total. The quantitative estimate of drug-likeness (QED) is 0.848. The number of hydrogen-bond donors (Lipinski definition) is 1. The second-order valence-electron chi connectivity index (χ2n) is 7.01. The van der Waals surface area contributed by atoms with Gasteiger partial charge in [-0.15, -0.1) is 0 Å². The first-order valence-electron chi connectivity index (χ1n) is 8.80. The fourth-order valence-electron chi connectivity index (χ4n) is 3.59. The lowest BCUT2D eigenvalue weighted by Crippen LogP contribution is -2.45. The number of aromatic nitrogens is 2. The Kier molecular flexibility index (Phi) is 5.29. The zero-order valence-electron chi connectivity index (χ0n) is 15.5. The standard InChI is InChI=1S/C16H28N6O2S/c1-17-15-12-8-10-21(4)11-13(12)18-16(19-15)14-7-5-6-9-22(14)25(23,24)20(2)3/h14H,5-11H2,1-4H3,(H,17,18,19). The van der Waals surface area contributed by atoms with Gasteiger partial charge in [-0.2, -0.15) is 17.0 Å². The second-order valence-corrected chi connectivity index (χ2v) is 9.10. The normalized spacial score (nSPS) is 22.8. The molecule has 1 atom stereocenters. The van der Waals surface area contributed by atoms with Crippen LogP contribution in [0.25, 0.3) is 0 Å². The fourth-order valence-corrected chi connectivity index (χ4v) is 4.89. The van der Waals surface area contributed by atoms with Gasteiger partial charge >= 0.3 is 0 Å². The van der Waals surface area contributed by atoms with Gasteiger partial charge < -0.3 is 10.2 Å². The zero-order chi connectivity index (χ0) is 18.2. The van der Waals surface area contributed by atoms with Gasteiger partial charge in [0, 0.05) is 46.3 Å². The summed E-state index contributed by atoms with van der Waals surface area (Å²) in [5.41, 5.74) is 2.16. The third-order valence-electron chi connectivity index (χ3n) is 5.02. The lowest BCUT2D eigenvalue weighted by atomic mass is 10.0. The Bertz CT molecular complexity index is 736. The molecule has 0 saturated carbocycles. The molecule has 9 heteroatoms. The Morgan fingerprint density at radius 2 is 1.96 bits per heavy atom. The molecule has 25 heavy (non-hydrogen) atoms. The molecular formula is C16H28N6O2S. The molecule has 1 aromatic heterocycles. The Hall–Kier alpha value is -1.29. The van der Waals surface area contributed by atoms with Crippen LogP contribution in [0.15, 0.2) is 0 Å². The minimum absolute atomic E-state index is 0.300. The number of fused-ring (bicyclic) bond motifs is 1. The van der Waals surface area contributed by atoms with E-state index in [0.717, 1.165) is 55.8 Å². The van der Waals surface area contributed by atoms with E-state index in [9.17, 15) is 8.42 Å². The lowest BCUT2D eigenvalue weighted by Gasteiger charge is -2.36. The summed E-state index contributed by atoms with van der Waals surface area (Å²) in [4.78, 5) is 11.7. The third-order valence-corrected chi connectivity index (χ3v) is 6.97. The summed E-state index contributed by atoms with van der Waals surface area (Å²) in [6.07, 6.45) is 3.52. The van der Waals surface area contributed by atoms with E-state index in [1.54, 1.807) is 18.4 Å². The molecule has 2 aliphatic rings. The van der Waals surface area contributed by atoms with Crippen molar-refractivity contribution in [1.29, 1.82) is 0 Å². The van der Waals surface area contributed by atoms with Gasteiger partial charge in [-0.25, -0.2) is 9.97 Å². The van der Waals surface area contributed by atoms with Gasteiger partial charge in [0.25, 0.3) is 10.2 Å². The lowest BCUT2D eigenvalue weighted by molar-refractivity contribution is 0.232. The monoisotopic (exact) mass is 368 g/mol. The van der Waals surface area contributed by atoms with Crippen molar-refractivity contribution in [3.8, 4) is 0 Å². The Balaban J connectivity index is 2.03. The molecule has 3 heterocycles. The zero-order valence-corrected chi connectivity index (χ0v) is 16.3. The second kappa shape index (κ2) is 7.14. The SMILES string of the molecule is CNc1nc(C2CCCCN2S(=O)(=O)N(C)C)nc2c1CCN(C)C2. The molecule has 1 saturated heterocycles. The van der Waals surface area contributed by atoms with Crippen LogP contribution in [0.3, 0.4) is 0 Å². The molecule has 2 aliphatic heterocycles.